The summed E-state index contributed by atoms with van der Waals surface area (Å²) in [5.41, 5.74) is 2.67. The van der Waals surface area contributed by atoms with Gasteiger partial charge >= 0.3 is 0 Å². The summed E-state index contributed by atoms with van der Waals surface area (Å²) in [6, 6.07) is 18.8. The Morgan fingerprint density at radius 2 is 1.83 bits per heavy atom. The van der Waals surface area contributed by atoms with E-state index in [1.165, 1.54) is 4.57 Å². The summed E-state index contributed by atoms with van der Waals surface area (Å²) >= 11 is 0. The number of fused-ring (bicyclic) bond motifs is 1. The third-order valence-corrected chi connectivity index (χ3v) is 4.77. The van der Waals surface area contributed by atoms with E-state index < -0.39 is 0 Å². The fourth-order valence-electron chi connectivity index (χ4n) is 3.24. The molecule has 8 heteroatoms. The first-order valence-electron chi connectivity index (χ1n) is 9.32. The molecule has 2 aromatic carbocycles. The summed E-state index contributed by atoms with van der Waals surface area (Å²) in [4.78, 5) is 17.4. The molecule has 0 saturated heterocycles. The average molecular weight is 399 g/mol. The van der Waals surface area contributed by atoms with Crippen molar-refractivity contribution in [3.8, 4) is 28.4 Å². The number of hydrogen-bond donors (Lipinski definition) is 0. The molecule has 5 aromatic rings. The van der Waals surface area contributed by atoms with Crippen molar-refractivity contribution in [3.05, 3.63) is 89.3 Å². The van der Waals surface area contributed by atoms with Gasteiger partial charge in [-0.25, -0.2) is 4.52 Å². The highest BCUT2D eigenvalue weighted by Gasteiger charge is 2.13. The van der Waals surface area contributed by atoms with E-state index in [4.69, 9.17) is 9.26 Å². The van der Waals surface area contributed by atoms with Gasteiger partial charge in [0.25, 0.3) is 5.56 Å². The first-order chi connectivity index (χ1) is 14.7. The van der Waals surface area contributed by atoms with Crippen LogP contribution in [0.15, 0.2) is 82.4 Å². The molecule has 5 rings (SSSR count). The Kier molecular flexibility index (Phi) is 4.36. The fraction of sp³-hybridized carbons (Fsp3) is 0.0909. The van der Waals surface area contributed by atoms with Gasteiger partial charge in [0.2, 0.25) is 11.7 Å². The van der Waals surface area contributed by atoms with Gasteiger partial charge in [-0.3, -0.25) is 4.79 Å². The fourth-order valence-corrected chi connectivity index (χ4v) is 3.24. The molecule has 0 fully saturated rings. The maximum absolute atomic E-state index is 13.0. The van der Waals surface area contributed by atoms with Gasteiger partial charge in [0.15, 0.2) is 0 Å². The van der Waals surface area contributed by atoms with Crippen molar-refractivity contribution in [2.75, 3.05) is 7.11 Å². The molecule has 30 heavy (non-hydrogen) atoms. The van der Waals surface area contributed by atoms with E-state index in [2.05, 4.69) is 15.2 Å². The molecule has 148 valence electrons. The second-order valence-corrected chi connectivity index (χ2v) is 6.70. The van der Waals surface area contributed by atoms with Crippen molar-refractivity contribution >= 4 is 5.52 Å². The van der Waals surface area contributed by atoms with Gasteiger partial charge in [-0.05, 0) is 18.2 Å². The summed E-state index contributed by atoms with van der Waals surface area (Å²) in [6.45, 7) is 0.175. The maximum Gasteiger partial charge on any atom is 0.277 e. The van der Waals surface area contributed by atoms with E-state index in [9.17, 15) is 4.79 Å². The van der Waals surface area contributed by atoms with E-state index in [1.807, 2.05) is 54.6 Å². The van der Waals surface area contributed by atoms with Crippen LogP contribution in [0.3, 0.4) is 0 Å². The molecule has 0 spiro atoms. The van der Waals surface area contributed by atoms with Crippen molar-refractivity contribution in [2.24, 2.45) is 0 Å². The zero-order valence-electron chi connectivity index (χ0n) is 16.1. The minimum absolute atomic E-state index is 0.175. The largest absolute Gasteiger partial charge is 0.497 e. The Bertz CT molecular complexity index is 1380. The lowest BCUT2D eigenvalue weighted by Gasteiger charge is -2.02. The number of nitrogens with zero attached hydrogens (tertiary/aromatic N) is 5. The molecule has 0 unspecified atom stereocenters. The lowest BCUT2D eigenvalue weighted by atomic mass is 10.1. The highest BCUT2D eigenvalue weighted by molar-refractivity contribution is 5.66. The van der Waals surface area contributed by atoms with Gasteiger partial charge in [-0.15, -0.1) is 0 Å². The van der Waals surface area contributed by atoms with Gasteiger partial charge in [0.1, 0.15) is 17.8 Å². The number of methoxy groups -OCH3 is 1. The van der Waals surface area contributed by atoms with E-state index in [0.717, 1.165) is 16.9 Å². The van der Waals surface area contributed by atoms with Crippen molar-refractivity contribution < 1.29 is 9.26 Å². The Hall–Kier alpha value is -4.20. The molecule has 0 aliphatic carbocycles. The molecular formula is C22H17N5O3. The first-order valence-corrected chi connectivity index (χ1v) is 9.32. The van der Waals surface area contributed by atoms with Crippen LogP contribution in [0.5, 0.6) is 5.75 Å². The van der Waals surface area contributed by atoms with Gasteiger partial charge in [-0.2, -0.15) is 10.1 Å². The van der Waals surface area contributed by atoms with Crippen molar-refractivity contribution in [2.45, 2.75) is 6.54 Å². The van der Waals surface area contributed by atoms with Crippen LogP contribution in [0.2, 0.25) is 0 Å². The number of benzene rings is 2. The zero-order valence-corrected chi connectivity index (χ0v) is 16.1. The smallest absolute Gasteiger partial charge is 0.277 e. The second-order valence-electron chi connectivity index (χ2n) is 6.70. The molecule has 8 nitrogen and oxygen atoms in total. The lowest BCUT2D eigenvalue weighted by molar-refractivity contribution is 0.370. The van der Waals surface area contributed by atoms with Crippen LogP contribution < -0.4 is 10.3 Å². The van der Waals surface area contributed by atoms with Crippen LogP contribution in [0.25, 0.3) is 28.2 Å². The Labute approximate surface area is 171 Å². The predicted molar refractivity (Wildman–Crippen MR) is 110 cm³/mol. The molecule has 0 N–H and O–H groups in total. The summed E-state index contributed by atoms with van der Waals surface area (Å²) in [7, 11) is 1.61. The highest BCUT2D eigenvalue weighted by atomic mass is 16.5. The first kappa shape index (κ1) is 17.9. The Morgan fingerprint density at radius 3 is 2.67 bits per heavy atom. The third-order valence-electron chi connectivity index (χ3n) is 4.77. The molecule has 0 aliphatic rings. The van der Waals surface area contributed by atoms with Crippen LogP contribution in [0.4, 0.5) is 0 Å². The Balaban J connectivity index is 1.47. The van der Waals surface area contributed by atoms with Crippen LogP contribution in [0, 0.1) is 0 Å². The number of hydrogen-bond acceptors (Lipinski definition) is 6. The number of aromatic nitrogens is 5. The molecule has 0 atom stereocenters. The van der Waals surface area contributed by atoms with Gasteiger partial charge in [0, 0.05) is 23.5 Å². The van der Waals surface area contributed by atoms with Crippen LogP contribution in [-0.4, -0.2) is 31.4 Å². The van der Waals surface area contributed by atoms with E-state index in [0.29, 0.717) is 22.9 Å². The maximum atomic E-state index is 13.0. The Morgan fingerprint density at radius 1 is 1.00 bits per heavy atom. The number of rotatable bonds is 5. The van der Waals surface area contributed by atoms with Crippen LogP contribution >= 0.6 is 0 Å². The lowest BCUT2D eigenvalue weighted by Crippen LogP contribution is -2.21. The summed E-state index contributed by atoms with van der Waals surface area (Å²) < 4.78 is 13.7. The van der Waals surface area contributed by atoms with Crippen molar-refractivity contribution in [1.29, 1.82) is 0 Å². The summed E-state index contributed by atoms with van der Waals surface area (Å²) in [5, 5.41) is 8.51. The summed E-state index contributed by atoms with van der Waals surface area (Å²) in [5.74, 6) is 1.57. The zero-order chi connectivity index (χ0) is 20.5. The normalized spacial score (nSPS) is 11.1. The third kappa shape index (κ3) is 3.24. The monoisotopic (exact) mass is 399 g/mol. The molecule has 0 bridgehead atoms. The average Bonchev–Trinajstić information content (AvgIpc) is 3.44. The van der Waals surface area contributed by atoms with Gasteiger partial charge < -0.3 is 13.8 Å². The molecule has 3 heterocycles. The van der Waals surface area contributed by atoms with Crippen molar-refractivity contribution in [3.63, 3.8) is 0 Å². The van der Waals surface area contributed by atoms with Gasteiger partial charge in [0.05, 0.1) is 12.8 Å². The highest BCUT2D eigenvalue weighted by Crippen LogP contribution is 2.23. The predicted octanol–water partition coefficient (Wildman–Crippen LogP) is 3.27. The molecule has 0 aliphatic heterocycles. The summed E-state index contributed by atoms with van der Waals surface area (Å²) in [6.07, 6.45) is 3.39. The van der Waals surface area contributed by atoms with E-state index >= 15 is 0 Å². The van der Waals surface area contributed by atoms with Crippen LogP contribution in [0.1, 0.15) is 5.89 Å². The van der Waals surface area contributed by atoms with E-state index in [-0.39, 0.29) is 12.1 Å². The minimum atomic E-state index is -0.196. The molecule has 0 amide bonds. The molecular weight excluding hydrogens is 382 g/mol. The van der Waals surface area contributed by atoms with Crippen molar-refractivity contribution in [1.82, 2.24) is 24.3 Å². The molecule has 0 saturated carbocycles. The second kappa shape index (κ2) is 7.32. The van der Waals surface area contributed by atoms with Gasteiger partial charge in [-0.1, -0.05) is 47.6 Å². The molecule has 0 radical (unpaired) electrons. The standard InChI is InChI=1S/C22H17N5O3/c1-29-17-9-5-8-16(12-17)18-13-19-22(28)26(10-11-27(19)24-18)14-20-23-21(25-30-20)15-6-3-2-4-7-15/h2-13H,14H2,1H3. The SMILES string of the molecule is COc1cccc(-c2cc3c(=O)n(Cc4nc(-c5ccccc5)no4)ccn3n2)c1. The topological polar surface area (TPSA) is 87.5 Å². The number of ether oxygens (including phenoxy) is 1. The van der Waals surface area contributed by atoms with Crippen LogP contribution in [-0.2, 0) is 6.54 Å². The molecule has 3 aromatic heterocycles. The minimum Gasteiger partial charge on any atom is -0.497 e. The quantitative estimate of drug-likeness (QED) is 0.451. The van der Waals surface area contributed by atoms with E-state index in [1.54, 1.807) is 30.1 Å².